The van der Waals surface area contributed by atoms with Crippen molar-refractivity contribution in [1.82, 2.24) is 0 Å². The third kappa shape index (κ3) is 0.943. The summed E-state index contributed by atoms with van der Waals surface area (Å²) in [5.41, 5.74) is 0. The van der Waals surface area contributed by atoms with Crippen molar-refractivity contribution >= 4 is 12.3 Å². The average Bonchev–Trinajstić information content (AvgIpc) is 2.15. The van der Waals surface area contributed by atoms with E-state index in [-0.39, 0.29) is 24.4 Å². The summed E-state index contributed by atoms with van der Waals surface area (Å²) in [5, 5.41) is 0. The Bertz CT molecular complexity index is 141. The SMILES string of the molecule is CC1C(=O)OCC1C=O. The molecule has 1 heterocycles. The summed E-state index contributed by atoms with van der Waals surface area (Å²) in [6, 6.07) is 0. The Labute approximate surface area is 53.0 Å². The molecule has 0 aliphatic carbocycles. The van der Waals surface area contributed by atoms with E-state index >= 15 is 0 Å². The van der Waals surface area contributed by atoms with Crippen LogP contribution in [0.4, 0.5) is 0 Å². The Morgan fingerprint density at radius 3 is 2.67 bits per heavy atom. The predicted octanol–water partition coefficient (Wildman–Crippen LogP) is -0.00560. The second-order valence-electron chi connectivity index (χ2n) is 2.22. The highest BCUT2D eigenvalue weighted by atomic mass is 16.5. The van der Waals surface area contributed by atoms with Gasteiger partial charge in [0.15, 0.2) is 0 Å². The van der Waals surface area contributed by atoms with Gasteiger partial charge in [-0.05, 0) is 0 Å². The summed E-state index contributed by atoms with van der Waals surface area (Å²) in [5.74, 6) is -0.702. The topological polar surface area (TPSA) is 43.4 Å². The van der Waals surface area contributed by atoms with Crippen LogP contribution in [-0.4, -0.2) is 18.9 Å². The molecule has 0 aromatic rings. The minimum atomic E-state index is -0.257. The minimum Gasteiger partial charge on any atom is -0.465 e. The van der Waals surface area contributed by atoms with Gasteiger partial charge in [-0.25, -0.2) is 0 Å². The van der Waals surface area contributed by atoms with Crippen LogP contribution in [0.1, 0.15) is 6.92 Å². The van der Waals surface area contributed by atoms with E-state index in [1.807, 2.05) is 0 Å². The Hall–Kier alpha value is -0.860. The lowest BCUT2D eigenvalue weighted by Crippen LogP contribution is -2.12. The molecule has 0 aromatic carbocycles. The monoisotopic (exact) mass is 128 g/mol. The zero-order valence-electron chi connectivity index (χ0n) is 5.16. The van der Waals surface area contributed by atoms with Gasteiger partial charge in [0.2, 0.25) is 0 Å². The van der Waals surface area contributed by atoms with E-state index in [4.69, 9.17) is 0 Å². The normalized spacial score (nSPS) is 34.1. The van der Waals surface area contributed by atoms with E-state index < -0.39 is 0 Å². The Kier molecular flexibility index (Phi) is 1.51. The number of carbonyl (C=O) groups is 2. The summed E-state index contributed by atoms with van der Waals surface area (Å²) in [7, 11) is 0. The number of esters is 1. The molecule has 2 unspecified atom stereocenters. The van der Waals surface area contributed by atoms with Crippen molar-refractivity contribution in [3.63, 3.8) is 0 Å². The fourth-order valence-electron chi connectivity index (χ4n) is 0.786. The van der Waals surface area contributed by atoms with Crippen molar-refractivity contribution in [3.05, 3.63) is 0 Å². The number of aldehydes is 1. The van der Waals surface area contributed by atoms with Gasteiger partial charge < -0.3 is 9.53 Å². The molecule has 0 bridgehead atoms. The second-order valence-corrected chi connectivity index (χ2v) is 2.22. The van der Waals surface area contributed by atoms with Gasteiger partial charge >= 0.3 is 5.97 Å². The van der Waals surface area contributed by atoms with Crippen LogP contribution in [-0.2, 0) is 14.3 Å². The van der Waals surface area contributed by atoms with Gasteiger partial charge in [0.05, 0.1) is 11.8 Å². The Balaban J connectivity index is 2.61. The molecule has 1 aliphatic rings. The quantitative estimate of drug-likeness (QED) is 0.368. The third-order valence-electron chi connectivity index (χ3n) is 1.61. The molecule has 1 rings (SSSR count). The summed E-state index contributed by atoms with van der Waals surface area (Å²) < 4.78 is 4.60. The molecule has 1 saturated heterocycles. The molecule has 3 nitrogen and oxygen atoms in total. The molecular formula is C6H8O3. The van der Waals surface area contributed by atoms with E-state index in [0.717, 1.165) is 6.29 Å². The number of ether oxygens (including phenoxy) is 1. The lowest BCUT2D eigenvalue weighted by Gasteiger charge is -1.97. The maximum Gasteiger partial charge on any atom is 0.309 e. The van der Waals surface area contributed by atoms with Crippen LogP contribution >= 0.6 is 0 Å². The zero-order chi connectivity index (χ0) is 6.85. The number of rotatable bonds is 1. The van der Waals surface area contributed by atoms with Crippen LogP contribution in [0.2, 0.25) is 0 Å². The number of hydrogen-bond acceptors (Lipinski definition) is 3. The Morgan fingerprint density at radius 2 is 2.44 bits per heavy atom. The molecule has 0 spiro atoms. The first-order valence-electron chi connectivity index (χ1n) is 2.87. The molecule has 3 heteroatoms. The van der Waals surface area contributed by atoms with Crippen molar-refractivity contribution in [2.24, 2.45) is 11.8 Å². The van der Waals surface area contributed by atoms with Gasteiger partial charge in [-0.1, -0.05) is 6.92 Å². The fraction of sp³-hybridized carbons (Fsp3) is 0.667. The van der Waals surface area contributed by atoms with Crippen LogP contribution in [0.15, 0.2) is 0 Å². The van der Waals surface area contributed by atoms with E-state index in [1.54, 1.807) is 6.92 Å². The summed E-state index contributed by atoms with van der Waals surface area (Å²) in [6.07, 6.45) is 0.773. The van der Waals surface area contributed by atoms with E-state index in [0.29, 0.717) is 0 Å². The average molecular weight is 128 g/mol. The molecule has 0 N–H and O–H groups in total. The standard InChI is InChI=1S/C6H8O3/c1-4-5(2-7)3-9-6(4)8/h2,4-5H,3H2,1H3. The van der Waals surface area contributed by atoms with Crippen molar-refractivity contribution in [2.75, 3.05) is 6.61 Å². The maximum atomic E-state index is 10.6. The molecule has 0 aromatic heterocycles. The largest absolute Gasteiger partial charge is 0.465 e. The van der Waals surface area contributed by atoms with Gasteiger partial charge in [-0.3, -0.25) is 4.79 Å². The van der Waals surface area contributed by atoms with Crippen LogP contribution in [0, 0.1) is 11.8 Å². The highest BCUT2D eigenvalue weighted by molar-refractivity contribution is 5.79. The molecule has 0 radical (unpaired) electrons. The highest BCUT2D eigenvalue weighted by Gasteiger charge is 2.32. The summed E-state index contributed by atoms with van der Waals surface area (Å²) in [4.78, 5) is 20.7. The molecule has 9 heavy (non-hydrogen) atoms. The zero-order valence-corrected chi connectivity index (χ0v) is 5.16. The first-order chi connectivity index (χ1) is 4.25. The molecule has 1 fully saturated rings. The van der Waals surface area contributed by atoms with E-state index in [1.165, 1.54) is 0 Å². The van der Waals surface area contributed by atoms with Crippen molar-refractivity contribution < 1.29 is 14.3 Å². The van der Waals surface area contributed by atoms with Gasteiger partial charge in [0, 0.05) is 0 Å². The van der Waals surface area contributed by atoms with Gasteiger partial charge in [-0.2, -0.15) is 0 Å². The van der Waals surface area contributed by atoms with Gasteiger partial charge in [0.25, 0.3) is 0 Å². The van der Waals surface area contributed by atoms with E-state index in [2.05, 4.69) is 4.74 Å². The minimum absolute atomic E-state index is 0.211. The van der Waals surface area contributed by atoms with Crippen LogP contribution in [0.3, 0.4) is 0 Å². The van der Waals surface area contributed by atoms with Gasteiger partial charge in [-0.15, -0.1) is 0 Å². The Morgan fingerprint density at radius 1 is 1.78 bits per heavy atom. The smallest absolute Gasteiger partial charge is 0.309 e. The molecule has 2 atom stereocenters. The molecule has 1 aliphatic heterocycles. The van der Waals surface area contributed by atoms with Crippen LogP contribution in [0.5, 0.6) is 0 Å². The first-order valence-corrected chi connectivity index (χ1v) is 2.87. The van der Waals surface area contributed by atoms with Crippen LogP contribution < -0.4 is 0 Å². The lowest BCUT2D eigenvalue weighted by atomic mass is 10.00. The predicted molar refractivity (Wildman–Crippen MR) is 29.7 cm³/mol. The van der Waals surface area contributed by atoms with E-state index in [9.17, 15) is 9.59 Å². The summed E-state index contributed by atoms with van der Waals surface area (Å²) >= 11 is 0. The van der Waals surface area contributed by atoms with Crippen molar-refractivity contribution in [2.45, 2.75) is 6.92 Å². The first kappa shape index (κ1) is 6.26. The lowest BCUT2D eigenvalue weighted by molar-refractivity contribution is -0.140. The van der Waals surface area contributed by atoms with Crippen LogP contribution in [0.25, 0.3) is 0 Å². The molecule has 50 valence electrons. The number of hydrogen-bond donors (Lipinski definition) is 0. The third-order valence-corrected chi connectivity index (χ3v) is 1.61. The molecular weight excluding hydrogens is 120 g/mol. The molecule has 0 amide bonds. The fourth-order valence-corrected chi connectivity index (χ4v) is 0.786. The highest BCUT2D eigenvalue weighted by Crippen LogP contribution is 2.18. The molecule has 0 saturated carbocycles. The summed E-state index contributed by atoms with van der Waals surface area (Å²) in [6.45, 7) is 1.97. The number of carbonyl (C=O) groups excluding carboxylic acids is 2. The van der Waals surface area contributed by atoms with Crippen molar-refractivity contribution in [3.8, 4) is 0 Å². The maximum absolute atomic E-state index is 10.6. The van der Waals surface area contributed by atoms with Crippen molar-refractivity contribution in [1.29, 1.82) is 0 Å². The van der Waals surface area contributed by atoms with Gasteiger partial charge in [0.1, 0.15) is 12.9 Å². The number of cyclic esters (lactones) is 1. The second kappa shape index (κ2) is 2.17.